The summed E-state index contributed by atoms with van der Waals surface area (Å²) in [6.07, 6.45) is -2.76. The molecule has 0 radical (unpaired) electrons. The number of nitrogens with zero attached hydrogens (tertiary/aromatic N) is 7. The van der Waals surface area contributed by atoms with Gasteiger partial charge in [0, 0.05) is 13.1 Å². The number of aryl methyl sites for hydroxylation is 1. The molecule has 3 aromatic heterocycles. The third kappa shape index (κ3) is 2.98. The average Bonchev–Trinajstić information content (AvgIpc) is 3.16. The highest BCUT2D eigenvalue weighted by atomic mass is 35.5. The van der Waals surface area contributed by atoms with E-state index in [-0.39, 0.29) is 24.2 Å². The normalized spacial score (nSPS) is 14.9. The summed E-state index contributed by atoms with van der Waals surface area (Å²) in [5, 5.41) is 8.00. The molecule has 0 saturated heterocycles. The number of halogens is 4. The number of alkyl halides is 3. The van der Waals surface area contributed by atoms with Crippen molar-refractivity contribution in [3.63, 3.8) is 0 Å². The smallest absolute Gasteiger partial charge is 0.345 e. The van der Waals surface area contributed by atoms with E-state index in [2.05, 4.69) is 32.1 Å². The second kappa shape index (κ2) is 6.31. The van der Waals surface area contributed by atoms with Crippen molar-refractivity contribution in [2.75, 3.05) is 11.4 Å². The van der Waals surface area contributed by atoms with Gasteiger partial charge in [0.15, 0.2) is 16.5 Å². The first-order chi connectivity index (χ1) is 12.4. The Labute approximate surface area is 154 Å². The van der Waals surface area contributed by atoms with Gasteiger partial charge in [-0.2, -0.15) is 18.2 Å². The van der Waals surface area contributed by atoms with Crippen molar-refractivity contribution in [1.29, 1.82) is 0 Å². The molecule has 12 heteroatoms. The van der Waals surface area contributed by atoms with E-state index in [1.807, 2.05) is 4.90 Å². The molecule has 7 nitrogen and oxygen atoms in total. The van der Waals surface area contributed by atoms with Crippen LogP contribution in [0.25, 0.3) is 10.3 Å². The molecule has 138 valence electrons. The third-order valence-corrected chi connectivity index (χ3v) is 5.21. The molecule has 0 saturated carbocycles. The number of thiazole rings is 1. The fourth-order valence-corrected chi connectivity index (χ4v) is 4.16. The van der Waals surface area contributed by atoms with Crippen molar-refractivity contribution >= 4 is 39.1 Å². The Kier molecular flexibility index (Phi) is 4.22. The molecule has 0 spiro atoms. The average molecular weight is 404 g/mol. The predicted octanol–water partition coefficient (Wildman–Crippen LogP) is 3.32. The van der Waals surface area contributed by atoms with Gasteiger partial charge >= 0.3 is 6.18 Å². The molecule has 0 atom stereocenters. The number of hydrogen-bond acceptors (Lipinski definition) is 7. The highest BCUT2D eigenvalue weighted by molar-refractivity contribution is 7.18. The van der Waals surface area contributed by atoms with E-state index < -0.39 is 12.0 Å². The Morgan fingerprint density at radius 2 is 1.96 bits per heavy atom. The van der Waals surface area contributed by atoms with Gasteiger partial charge < -0.3 is 9.47 Å². The predicted molar refractivity (Wildman–Crippen MR) is 90.3 cm³/mol. The van der Waals surface area contributed by atoms with E-state index in [0.29, 0.717) is 22.7 Å². The molecule has 26 heavy (non-hydrogen) atoms. The van der Waals surface area contributed by atoms with E-state index in [1.54, 1.807) is 0 Å². The maximum Gasteiger partial charge on any atom is 0.451 e. The van der Waals surface area contributed by atoms with Gasteiger partial charge in [0.25, 0.3) is 0 Å². The fraction of sp³-hybridized carbons (Fsp3) is 0.500. The Morgan fingerprint density at radius 3 is 2.69 bits per heavy atom. The van der Waals surface area contributed by atoms with Gasteiger partial charge in [-0.05, 0) is 24.4 Å². The molecule has 0 unspecified atom stereocenters. The van der Waals surface area contributed by atoms with Crippen LogP contribution in [-0.2, 0) is 25.7 Å². The van der Waals surface area contributed by atoms with Crippen LogP contribution in [0, 0.1) is 0 Å². The summed E-state index contributed by atoms with van der Waals surface area (Å²) in [7, 11) is 0. The minimum atomic E-state index is -4.52. The van der Waals surface area contributed by atoms with E-state index in [1.165, 1.54) is 11.3 Å². The Hall–Kier alpha value is -2.01. The maximum absolute atomic E-state index is 13.0. The van der Waals surface area contributed by atoms with Gasteiger partial charge in [0.1, 0.15) is 5.52 Å². The zero-order valence-corrected chi connectivity index (χ0v) is 15.2. The second-order valence-electron chi connectivity index (χ2n) is 5.84. The minimum Gasteiger partial charge on any atom is -0.345 e. The van der Waals surface area contributed by atoms with Crippen LogP contribution in [0.1, 0.15) is 30.0 Å². The van der Waals surface area contributed by atoms with E-state index in [4.69, 9.17) is 11.6 Å². The van der Waals surface area contributed by atoms with Crippen LogP contribution in [0.4, 0.5) is 19.0 Å². The van der Waals surface area contributed by atoms with E-state index >= 15 is 0 Å². The Balaban J connectivity index is 1.72. The molecule has 1 aliphatic heterocycles. The van der Waals surface area contributed by atoms with Gasteiger partial charge in [0.2, 0.25) is 11.1 Å². The van der Waals surface area contributed by atoms with Crippen LogP contribution in [0.3, 0.4) is 0 Å². The topological polar surface area (TPSA) is 72.6 Å². The molecule has 0 amide bonds. The molecule has 0 aromatic carbocycles. The number of rotatable bonds is 3. The molecule has 4 heterocycles. The van der Waals surface area contributed by atoms with Gasteiger partial charge in [-0.3, -0.25) is 0 Å². The summed E-state index contributed by atoms with van der Waals surface area (Å²) in [6.45, 7) is 2.62. The molecule has 4 rings (SSSR count). The van der Waals surface area contributed by atoms with Crippen molar-refractivity contribution in [2.24, 2.45) is 0 Å². The summed E-state index contributed by atoms with van der Waals surface area (Å²) < 4.78 is 40.0. The summed E-state index contributed by atoms with van der Waals surface area (Å²) in [6, 6.07) is 0. The highest BCUT2D eigenvalue weighted by Crippen LogP contribution is 2.33. The van der Waals surface area contributed by atoms with Crippen LogP contribution in [0.5, 0.6) is 0 Å². The van der Waals surface area contributed by atoms with Crippen molar-refractivity contribution in [3.8, 4) is 0 Å². The summed E-state index contributed by atoms with van der Waals surface area (Å²) in [5.74, 6) is -0.228. The van der Waals surface area contributed by atoms with Gasteiger partial charge in [-0.1, -0.05) is 18.3 Å². The number of hydrogen-bond donors (Lipinski definition) is 0. The van der Waals surface area contributed by atoms with Crippen LogP contribution in [-0.4, -0.2) is 36.3 Å². The lowest BCUT2D eigenvalue weighted by Crippen LogP contribution is -2.36. The lowest BCUT2D eigenvalue weighted by Gasteiger charge is -2.28. The Bertz CT molecular complexity index is 967. The molecular formula is C14H13ClF3N7S. The first-order valence-corrected chi connectivity index (χ1v) is 9.13. The van der Waals surface area contributed by atoms with Crippen molar-refractivity contribution in [2.45, 2.75) is 39.0 Å². The van der Waals surface area contributed by atoms with E-state index in [0.717, 1.165) is 22.4 Å². The maximum atomic E-state index is 13.0. The van der Waals surface area contributed by atoms with Gasteiger partial charge in [0.05, 0.1) is 11.6 Å². The first-order valence-electron chi connectivity index (χ1n) is 7.94. The lowest BCUT2D eigenvalue weighted by molar-refractivity contribution is -0.147. The molecule has 0 N–H and O–H groups in total. The minimum absolute atomic E-state index is 0.0854. The van der Waals surface area contributed by atoms with Crippen molar-refractivity contribution in [3.05, 3.63) is 21.9 Å². The lowest BCUT2D eigenvalue weighted by atomic mass is 10.3. The van der Waals surface area contributed by atoms with Gasteiger partial charge in [-0.15, -0.1) is 10.2 Å². The molecule has 3 aromatic rings. The zero-order valence-electron chi connectivity index (χ0n) is 13.6. The quantitative estimate of drug-likeness (QED) is 0.625. The molecule has 0 bridgehead atoms. The summed E-state index contributed by atoms with van der Waals surface area (Å²) >= 11 is 7.49. The SMILES string of the molecule is CCCc1nc2c(N3CCn4c(nnc4C(F)(F)F)C3)nc(Cl)nc2s1. The largest absolute Gasteiger partial charge is 0.451 e. The second-order valence-corrected chi connectivity index (χ2v) is 7.24. The first kappa shape index (κ1) is 17.4. The van der Waals surface area contributed by atoms with Gasteiger partial charge in [-0.25, -0.2) is 9.97 Å². The fourth-order valence-electron chi connectivity index (χ4n) is 2.92. The summed E-state index contributed by atoms with van der Waals surface area (Å²) in [5.41, 5.74) is 0.617. The molecule has 0 aliphatic carbocycles. The molecular weight excluding hydrogens is 391 g/mol. The van der Waals surface area contributed by atoms with Crippen molar-refractivity contribution in [1.82, 2.24) is 29.7 Å². The third-order valence-electron chi connectivity index (χ3n) is 4.03. The number of fused-ring (bicyclic) bond motifs is 2. The van der Waals surface area contributed by atoms with Crippen LogP contribution < -0.4 is 4.90 Å². The van der Waals surface area contributed by atoms with Crippen molar-refractivity contribution < 1.29 is 13.2 Å². The zero-order chi connectivity index (χ0) is 18.5. The van der Waals surface area contributed by atoms with Crippen LogP contribution in [0.15, 0.2) is 0 Å². The standard InChI is InChI=1S/C14H13ClF3N7S/c1-2-3-8-19-9-10(20-13(15)21-11(9)26-8)24-4-5-25-7(6-24)22-23-12(25)14(16,17)18/h2-6H2,1H3. The Morgan fingerprint density at radius 1 is 1.15 bits per heavy atom. The molecule has 0 fully saturated rings. The number of aromatic nitrogens is 6. The molecule has 1 aliphatic rings. The van der Waals surface area contributed by atoms with Crippen LogP contribution >= 0.6 is 22.9 Å². The van der Waals surface area contributed by atoms with E-state index in [9.17, 15) is 13.2 Å². The highest BCUT2D eigenvalue weighted by Gasteiger charge is 2.39. The number of anilines is 1. The summed E-state index contributed by atoms with van der Waals surface area (Å²) in [4.78, 5) is 15.6. The monoisotopic (exact) mass is 403 g/mol. The van der Waals surface area contributed by atoms with Crippen LogP contribution in [0.2, 0.25) is 5.28 Å².